The van der Waals surface area contributed by atoms with Gasteiger partial charge >= 0.3 is 0 Å². The fourth-order valence-corrected chi connectivity index (χ4v) is 9.23. The van der Waals surface area contributed by atoms with Gasteiger partial charge in [0, 0.05) is 4.75 Å². The van der Waals surface area contributed by atoms with Crippen molar-refractivity contribution in [1.82, 2.24) is 0 Å². The second kappa shape index (κ2) is 3.81. The van der Waals surface area contributed by atoms with Gasteiger partial charge in [0.15, 0.2) is 0 Å². The maximum atomic E-state index is 3.80. The minimum atomic E-state index is -1.04. The van der Waals surface area contributed by atoms with Gasteiger partial charge in [-0.1, -0.05) is 39.9 Å². The molecule has 0 aliphatic carbocycles. The molecule has 0 atom stereocenters. The minimum Gasteiger partial charge on any atom is -0.179 e. The lowest BCUT2D eigenvalue weighted by Crippen LogP contribution is -2.27. The first-order chi connectivity index (χ1) is 4.77. The summed E-state index contributed by atoms with van der Waals surface area (Å²) in [5, 5.41) is 0. The van der Waals surface area contributed by atoms with Crippen LogP contribution in [0.2, 0.25) is 19.1 Å². The molecule has 0 amide bonds. The van der Waals surface area contributed by atoms with Crippen LogP contribution in [0.3, 0.4) is 0 Å². The fraction of sp³-hybridized carbons (Fsp3) is 0.778. The normalized spacial score (nSPS) is 13.2. The van der Waals surface area contributed by atoms with Crippen molar-refractivity contribution in [2.24, 2.45) is 0 Å². The van der Waals surface area contributed by atoms with E-state index in [1.807, 2.05) is 0 Å². The molecular weight excluding hydrogens is 168 g/mol. The van der Waals surface area contributed by atoms with Gasteiger partial charge in [-0.2, -0.15) is 11.2 Å². The summed E-state index contributed by atoms with van der Waals surface area (Å²) in [6, 6.07) is 1.22. The molecule has 2 heteroatoms. The predicted molar refractivity (Wildman–Crippen MR) is 59.8 cm³/mol. The molecule has 0 aromatic rings. The van der Waals surface area contributed by atoms with Crippen molar-refractivity contribution in [2.45, 2.75) is 44.7 Å². The minimum absolute atomic E-state index is 0.415. The summed E-state index contributed by atoms with van der Waals surface area (Å²) >= 11 is 2.15. The first-order valence-electron chi connectivity index (χ1n) is 4.08. The van der Waals surface area contributed by atoms with E-state index >= 15 is 0 Å². The average molecular weight is 188 g/mol. The van der Waals surface area contributed by atoms with Crippen LogP contribution in [-0.2, 0) is 0 Å². The summed E-state index contributed by atoms with van der Waals surface area (Å²) in [7, 11) is -1.04. The third kappa shape index (κ3) is 6.69. The highest BCUT2D eigenvalue weighted by molar-refractivity contribution is 8.29. The molecule has 0 rings (SSSR count). The van der Waals surface area contributed by atoms with Crippen molar-refractivity contribution < 1.29 is 0 Å². The summed E-state index contributed by atoms with van der Waals surface area (Å²) in [6.07, 6.45) is 2.06. The fourth-order valence-electron chi connectivity index (χ4n) is 1.22. The molecule has 11 heavy (non-hydrogen) atoms. The highest BCUT2D eigenvalue weighted by Gasteiger charge is 2.26. The van der Waals surface area contributed by atoms with Crippen LogP contribution in [0, 0.1) is 0 Å². The zero-order valence-electron chi connectivity index (χ0n) is 8.40. The number of rotatable bonds is 3. The van der Waals surface area contributed by atoms with Crippen molar-refractivity contribution in [3.8, 4) is 0 Å². The third-order valence-corrected chi connectivity index (χ3v) is 7.65. The second-order valence-corrected chi connectivity index (χ2v) is 13.8. The Kier molecular flexibility index (Phi) is 3.92. The van der Waals surface area contributed by atoms with E-state index in [4.69, 9.17) is 0 Å². The first kappa shape index (κ1) is 11.3. The number of hydrogen-bond acceptors (Lipinski definition) is 1. The Labute approximate surface area is 76.1 Å². The molecule has 0 unspecified atom stereocenters. The topological polar surface area (TPSA) is 0 Å². The van der Waals surface area contributed by atoms with Gasteiger partial charge in [0.1, 0.15) is 7.22 Å². The molecule has 0 N–H and O–H groups in total. The molecule has 0 spiro atoms. The maximum absolute atomic E-state index is 3.80. The van der Waals surface area contributed by atoms with E-state index in [9.17, 15) is 0 Å². The smallest absolute Gasteiger partial charge is 0.115 e. The van der Waals surface area contributed by atoms with Gasteiger partial charge in [-0.3, -0.25) is 0 Å². The Bertz CT molecular complexity index is 133. The number of hydrogen-bond donors (Lipinski definition) is 0. The van der Waals surface area contributed by atoms with Crippen LogP contribution in [0.25, 0.3) is 0 Å². The van der Waals surface area contributed by atoms with Gasteiger partial charge in [-0.15, -0.1) is 6.58 Å². The molecule has 0 radical (unpaired) electrons. The Morgan fingerprint density at radius 2 is 1.82 bits per heavy atom. The van der Waals surface area contributed by atoms with E-state index in [-0.39, 0.29) is 0 Å². The van der Waals surface area contributed by atoms with Crippen molar-refractivity contribution >= 4 is 18.4 Å². The lowest BCUT2D eigenvalue weighted by atomic mass is 10.3. The van der Waals surface area contributed by atoms with Crippen LogP contribution in [-0.4, -0.2) is 12.0 Å². The summed E-state index contributed by atoms with van der Waals surface area (Å²) in [5.74, 6) is 0. The highest BCUT2D eigenvalue weighted by Crippen LogP contribution is 2.35. The maximum Gasteiger partial charge on any atom is 0.115 e. The van der Waals surface area contributed by atoms with Gasteiger partial charge in [0.05, 0.1) is 0 Å². The van der Waals surface area contributed by atoms with E-state index in [0.717, 1.165) is 0 Å². The van der Waals surface area contributed by atoms with Crippen molar-refractivity contribution in [1.29, 1.82) is 0 Å². The molecule has 0 bridgehead atoms. The van der Waals surface area contributed by atoms with Crippen LogP contribution < -0.4 is 0 Å². The van der Waals surface area contributed by atoms with E-state index in [1.165, 1.54) is 6.04 Å². The van der Waals surface area contributed by atoms with E-state index in [1.54, 1.807) is 0 Å². The predicted octanol–water partition coefficient (Wildman–Crippen LogP) is 3.91. The number of allylic oxidation sites excluding steroid dienone is 1. The molecule has 0 fully saturated rings. The molecule has 0 aromatic carbocycles. The zero-order chi connectivity index (χ0) is 9.12. The molecule has 0 nitrogen and oxygen atoms in total. The third-order valence-electron chi connectivity index (χ3n) is 1.22. The van der Waals surface area contributed by atoms with Crippen molar-refractivity contribution in [2.75, 3.05) is 0 Å². The largest absolute Gasteiger partial charge is 0.179 e. The Balaban J connectivity index is 4.00. The molecule has 0 heterocycles. The Morgan fingerprint density at radius 1 is 1.36 bits per heavy atom. The standard InChI is InChI=1S/C9H20SSi/c1-7-8-11(5,6)10-9(2,3)4/h7H,1,8H2,2-6H3. The van der Waals surface area contributed by atoms with Crippen molar-refractivity contribution in [3.63, 3.8) is 0 Å². The van der Waals surface area contributed by atoms with Crippen LogP contribution in [0.1, 0.15) is 20.8 Å². The summed E-state index contributed by atoms with van der Waals surface area (Å²) in [5.41, 5.74) is 0. The molecule has 66 valence electrons. The van der Waals surface area contributed by atoms with Gasteiger partial charge in [-0.05, 0) is 6.04 Å². The summed E-state index contributed by atoms with van der Waals surface area (Å²) in [6.45, 7) is 15.5. The lowest BCUT2D eigenvalue weighted by Gasteiger charge is -2.29. The molecule has 0 aromatic heterocycles. The van der Waals surface area contributed by atoms with E-state index < -0.39 is 7.22 Å². The van der Waals surface area contributed by atoms with E-state index in [0.29, 0.717) is 4.75 Å². The Hall–Kier alpha value is 0.307. The van der Waals surface area contributed by atoms with Gasteiger partial charge in [0.2, 0.25) is 0 Å². The molecule has 0 saturated carbocycles. The average Bonchev–Trinajstić information content (AvgIpc) is 1.55. The van der Waals surface area contributed by atoms with Crippen LogP contribution in [0.15, 0.2) is 12.7 Å². The second-order valence-electron chi connectivity index (χ2n) is 4.47. The SMILES string of the molecule is C=CC[Si](C)(C)SC(C)(C)C. The Morgan fingerprint density at radius 3 is 2.09 bits per heavy atom. The quantitative estimate of drug-likeness (QED) is 0.478. The molecular formula is C9H20SSi. The summed E-state index contributed by atoms with van der Waals surface area (Å²) < 4.78 is 0.415. The van der Waals surface area contributed by atoms with Crippen LogP contribution in [0.4, 0.5) is 0 Å². The van der Waals surface area contributed by atoms with E-state index in [2.05, 4.69) is 57.7 Å². The van der Waals surface area contributed by atoms with Crippen molar-refractivity contribution in [3.05, 3.63) is 12.7 Å². The van der Waals surface area contributed by atoms with Crippen LogP contribution >= 0.6 is 11.2 Å². The summed E-state index contributed by atoms with van der Waals surface area (Å²) in [4.78, 5) is 0. The first-order valence-corrected chi connectivity index (χ1v) is 8.83. The van der Waals surface area contributed by atoms with Gasteiger partial charge < -0.3 is 0 Å². The van der Waals surface area contributed by atoms with Gasteiger partial charge in [-0.25, -0.2) is 0 Å². The molecule has 0 saturated heterocycles. The molecule has 0 aliphatic rings. The van der Waals surface area contributed by atoms with Gasteiger partial charge in [0.25, 0.3) is 0 Å². The monoisotopic (exact) mass is 188 g/mol. The highest BCUT2D eigenvalue weighted by atomic mass is 32.4. The van der Waals surface area contributed by atoms with Crippen LogP contribution in [0.5, 0.6) is 0 Å². The lowest BCUT2D eigenvalue weighted by molar-refractivity contribution is 0.809. The molecule has 0 aliphatic heterocycles. The zero-order valence-corrected chi connectivity index (χ0v) is 10.2.